The predicted molar refractivity (Wildman–Crippen MR) is 86.3 cm³/mol. The lowest BCUT2D eigenvalue weighted by molar-refractivity contribution is -0.111. The standard InChI is InChI=1S/C18H18FNO2/c1-2-13-22-15-10-7-14(8-11-15)9-12-18(21)20-17-6-4-3-5-16(17)19/h3-12H,2,13H2,1H3,(H,20,21)/b12-9+. The van der Waals surface area contributed by atoms with Gasteiger partial charge in [0.1, 0.15) is 11.6 Å². The zero-order valence-electron chi connectivity index (χ0n) is 12.4. The number of rotatable bonds is 6. The number of benzene rings is 2. The van der Waals surface area contributed by atoms with Crippen LogP contribution in [-0.4, -0.2) is 12.5 Å². The molecule has 0 aliphatic heterocycles. The van der Waals surface area contributed by atoms with E-state index < -0.39 is 5.82 Å². The molecule has 0 aliphatic rings. The lowest BCUT2D eigenvalue weighted by Gasteiger charge is -2.04. The van der Waals surface area contributed by atoms with Crippen LogP contribution in [0.2, 0.25) is 0 Å². The second-order valence-electron chi connectivity index (χ2n) is 4.72. The molecule has 0 fully saturated rings. The molecule has 0 radical (unpaired) electrons. The normalized spacial score (nSPS) is 10.6. The molecule has 1 amide bonds. The van der Waals surface area contributed by atoms with Gasteiger partial charge in [-0.2, -0.15) is 0 Å². The maximum atomic E-state index is 13.4. The van der Waals surface area contributed by atoms with Gasteiger partial charge in [-0.15, -0.1) is 0 Å². The fourth-order valence-electron chi connectivity index (χ4n) is 1.80. The molecule has 4 heteroatoms. The molecule has 0 spiro atoms. The average molecular weight is 299 g/mol. The summed E-state index contributed by atoms with van der Waals surface area (Å²) in [4.78, 5) is 11.8. The van der Waals surface area contributed by atoms with E-state index in [-0.39, 0.29) is 11.6 Å². The van der Waals surface area contributed by atoms with Gasteiger partial charge in [0, 0.05) is 6.08 Å². The van der Waals surface area contributed by atoms with E-state index in [4.69, 9.17) is 4.74 Å². The Labute approximate surface area is 129 Å². The van der Waals surface area contributed by atoms with Crippen LogP contribution >= 0.6 is 0 Å². The zero-order chi connectivity index (χ0) is 15.8. The van der Waals surface area contributed by atoms with Crippen LogP contribution in [0.5, 0.6) is 5.75 Å². The van der Waals surface area contributed by atoms with E-state index in [1.165, 1.54) is 18.2 Å². The Morgan fingerprint density at radius 2 is 1.91 bits per heavy atom. The summed E-state index contributed by atoms with van der Waals surface area (Å²) in [6.07, 6.45) is 3.99. The number of halogens is 1. The Bertz CT molecular complexity index is 650. The summed E-state index contributed by atoms with van der Waals surface area (Å²) in [6, 6.07) is 13.5. The second-order valence-corrected chi connectivity index (χ2v) is 4.72. The molecule has 0 unspecified atom stereocenters. The molecule has 0 aliphatic carbocycles. The maximum absolute atomic E-state index is 13.4. The molecule has 0 heterocycles. The van der Waals surface area contributed by atoms with Gasteiger partial charge < -0.3 is 10.1 Å². The molecule has 2 aromatic carbocycles. The number of ether oxygens (including phenoxy) is 1. The van der Waals surface area contributed by atoms with Crippen LogP contribution in [0.15, 0.2) is 54.6 Å². The summed E-state index contributed by atoms with van der Waals surface area (Å²) in [5.74, 6) is -0.0344. The lowest BCUT2D eigenvalue weighted by Crippen LogP contribution is -2.08. The van der Waals surface area contributed by atoms with E-state index in [1.807, 2.05) is 31.2 Å². The van der Waals surface area contributed by atoms with Gasteiger partial charge >= 0.3 is 0 Å². The van der Waals surface area contributed by atoms with Crippen molar-refractivity contribution in [1.29, 1.82) is 0 Å². The molecule has 0 saturated carbocycles. The Morgan fingerprint density at radius 1 is 1.18 bits per heavy atom. The van der Waals surface area contributed by atoms with Crippen LogP contribution in [0.3, 0.4) is 0 Å². The molecule has 3 nitrogen and oxygen atoms in total. The summed E-state index contributed by atoms with van der Waals surface area (Å²) in [7, 11) is 0. The Hall–Kier alpha value is -2.62. The van der Waals surface area contributed by atoms with E-state index in [1.54, 1.807) is 18.2 Å². The summed E-state index contributed by atoms with van der Waals surface area (Å²) in [5.41, 5.74) is 1.04. The van der Waals surface area contributed by atoms with Crippen LogP contribution in [0.1, 0.15) is 18.9 Å². The first kappa shape index (κ1) is 15.8. The quantitative estimate of drug-likeness (QED) is 0.809. The van der Waals surface area contributed by atoms with Crippen molar-refractivity contribution in [2.45, 2.75) is 13.3 Å². The first-order valence-electron chi connectivity index (χ1n) is 7.15. The summed E-state index contributed by atoms with van der Waals surface area (Å²) in [5, 5.41) is 2.49. The molecule has 2 aromatic rings. The first-order chi connectivity index (χ1) is 10.7. The van der Waals surface area contributed by atoms with Crippen molar-refractivity contribution in [3.05, 3.63) is 66.0 Å². The number of nitrogens with one attached hydrogen (secondary N) is 1. The van der Waals surface area contributed by atoms with Gasteiger partial charge in [-0.05, 0) is 42.3 Å². The molecule has 2 rings (SSSR count). The third kappa shape index (κ3) is 4.74. The number of anilines is 1. The monoisotopic (exact) mass is 299 g/mol. The topological polar surface area (TPSA) is 38.3 Å². The van der Waals surface area contributed by atoms with Crippen molar-refractivity contribution < 1.29 is 13.9 Å². The van der Waals surface area contributed by atoms with Crippen molar-refractivity contribution in [2.75, 3.05) is 11.9 Å². The van der Waals surface area contributed by atoms with Crippen LogP contribution < -0.4 is 10.1 Å². The highest BCUT2D eigenvalue weighted by Gasteiger charge is 2.02. The Kier molecular flexibility index (Phi) is 5.72. The molecule has 0 aromatic heterocycles. The van der Waals surface area contributed by atoms with Crippen LogP contribution in [-0.2, 0) is 4.79 Å². The zero-order valence-corrected chi connectivity index (χ0v) is 12.4. The van der Waals surface area contributed by atoms with Gasteiger partial charge in [-0.3, -0.25) is 4.79 Å². The van der Waals surface area contributed by atoms with Gasteiger partial charge in [-0.1, -0.05) is 31.2 Å². The van der Waals surface area contributed by atoms with E-state index in [0.717, 1.165) is 17.7 Å². The number of para-hydroxylation sites is 1. The number of carbonyl (C=O) groups is 1. The molecule has 22 heavy (non-hydrogen) atoms. The van der Waals surface area contributed by atoms with Crippen LogP contribution in [0.25, 0.3) is 6.08 Å². The molecular weight excluding hydrogens is 281 g/mol. The van der Waals surface area contributed by atoms with Crippen molar-refractivity contribution in [3.8, 4) is 5.75 Å². The highest BCUT2D eigenvalue weighted by Crippen LogP contribution is 2.14. The number of carbonyl (C=O) groups excluding carboxylic acids is 1. The SMILES string of the molecule is CCCOc1ccc(/C=C/C(=O)Nc2ccccc2F)cc1. The molecular formula is C18H18FNO2. The van der Waals surface area contributed by atoms with Gasteiger partial charge in [0.05, 0.1) is 12.3 Å². The Balaban J connectivity index is 1.93. The van der Waals surface area contributed by atoms with Crippen molar-refractivity contribution in [2.24, 2.45) is 0 Å². The fourth-order valence-corrected chi connectivity index (χ4v) is 1.80. The van der Waals surface area contributed by atoms with Gasteiger partial charge in [0.15, 0.2) is 0 Å². The van der Waals surface area contributed by atoms with Crippen LogP contribution in [0, 0.1) is 5.82 Å². The van der Waals surface area contributed by atoms with E-state index >= 15 is 0 Å². The predicted octanol–water partition coefficient (Wildman–Crippen LogP) is 4.27. The van der Waals surface area contributed by atoms with Crippen LogP contribution in [0.4, 0.5) is 10.1 Å². The molecule has 1 N–H and O–H groups in total. The van der Waals surface area contributed by atoms with Crippen molar-refractivity contribution in [1.82, 2.24) is 0 Å². The molecule has 0 bridgehead atoms. The molecule has 114 valence electrons. The van der Waals surface area contributed by atoms with Gasteiger partial charge in [0.25, 0.3) is 0 Å². The minimum Gasteiger partial charge on any atom is -0.494 e. The lowest BCUT2D eigenvalue weighted by atomic mass is 10.2. The van der Waals surface area contributed by atoms with E-state index in [0.29, 0.717) is 6.61 Å². The minimum absolute atomic E-state index is 0.167. The van der Waals surface area contributed by atoms with Gasteiger partial charge in [-0.25, -0.2) is 4.39 Å². The number of hydrogen-bond donors (Lipinski definition) is 1. The summed E-state index contributed by atoms with van der Waals surface area (Å²) in [6.45, 7) is 2.73. The van der Waals surface area contributed by atoms with E-state index in [2.05, 4.69) is 5.32 Å². The third-order valence-electron chi connectivity index (χ3n) is 2.91. The van der Waals surface area contributed by atoms with Crippen molar-refractivity contribution >= 4 is 17.7 Å². The summed E-state index contributed by atoms with van der Waals surface area (Å²) >= 11 is 0. The van der Waals surface area contributed by atoms with Crippen molar-refractivity contribution in [3.63, 3.8) is 0 Å². The van der Waals surface area contributed by atoms with E-state index in [9.17, 15) is 9.18 Å². The molecule has 0 atom stereocenters. The highest BCUT2D eigenvalue weighted by atomic mass is 19.1. The fraction of sp³-hybridized carbons (Fsp3) is 0.167. The smallest absolute Gasteiger partial charge is 0.248 e. The highest BCUT2D eigenvalue weighted by molar-refractivity contribution is 6.01. The average Bonchev–Trinajstić information content (AvgIpc) is 2.54. The summed E-state index contributed by atoms with van der Waals surface area (Å²) < 4.78 is 18.9. The third-order valence-corrected chi connectivity index (χ3v) is 2.91. The Morgan fingerprint density at radius 3 is 2.59 bits per heavy atom. The number of hydrogen-bond acceptors (Lipinski definition) is 2. The number of amides is 1. The van der Waals surface area contributed by atoms with Gasteiger partial charge in [0.2, 0.25) is 5.91 Å². The molecule has 0 saturated heterocycles. The largest absolute Gasteiger partial charge is 0.494 e. The minimum atomic E-state index is -0.457. The second kappa shape index (κ2) is 7.98. The first-order valence-corrected chi connectivity index (χ1v) is 7.15. The maximum Gasteiger partial charge on any atom is 0.248 e.